The molecule has 1 aliphatic heterocycles. The second kappa shape index (κ2) is 10.6. The quantitative estimate of drug-likeness (QED) is 0.126. The molecule has 3 aromatic carbocycles. The standard InChI is InChI=1S/C28H24O13/c29-10-19-23(36)24(37)27(41-28(38)12-6-16(33)22(35)17(34)7-12)26(40-19)21-14(31)8-13(30)20-15(32)9-18(39-25(20)21)11-4-2-1-3-5-11/h1-9,19,23-24,26-27,29-31,33-37H,10H2. The number of phenols is 5. The number of carbonyl (C=O) groups excluding carboxylic acids is 1. The minimum Gasteiger partial charge on any atom is -0.507 e. The maximum absolute atomic E-state index is 13.1. The minimum atomic E-state index is -1.94. The van der Waals surface area contributed by atoms with Gasteiger partial charge in [0.25, 0.3) is 0 Å². The molecule has 0 saturated carbocycles. The van der Waals surface area contributed by atoms with E-state index < -0.39 is 82.8 Å². The molecular formula is C28H24O13. The normalized spacial score (nSPS) is 22.5. The largest absolute Gasteiger partial charge is 0.507 e. The zero-order chi connectivity index (χ0) is 29.6. The summed E-state index contributed by atoms with van der Waals surface area (Å²) in [6, 6.07) is 11.9. The van der Waals surface area contributed by atoms with Crippen molar-refractivity contribution in [3.63, 3.8) is 0 Å². The van der Waals surface area contributed by atoms with Crippen LogP contribution in [0.1, 0.15) is 22.0 Å². The Morgan fingerprint density at radius 1 is 0.854 bits per heavy atom. The van der Waals surface area contributed by atoms with Crippen molar-refractivity contribution in [3.05, 3.63) is 75.9 Å². The molecular weight excluding hydrogens is 544 g/mol. The van der Waals surface area contributed by atoms with Gasteiger partial charge in [0.1, 0.15) is 47.1 Å². The predicted octanol–water partition coefficient (Wildman–Crippen LogP) is 1.37. The number of hydrogen-bond acceptors (Lipinski definition) is 13. The fourth-order valence-electron chi connectivity index (χ4n) is 4.71. The Bertz CT molecular complexity index is 1660. The van der Waals surface area contributed by atoms with Crippen LogP contribution in [0.2, 0.25) is 0 Å². The Morgan fingerprint density at radius 2 is 1.51 bits per heavy atom. The van der Waals surface area contributed by atoms with Gasteiger partial charge in [0, 0.05) is 17.7 Å². The summed E-state index contributed by atoms with van der Waals surface area (Å²) >= 11 is 0. The van der Waals surface area contributed by atoms with Gasteiger partial charge in [-0.1, -0.05) is 30.3 Å². The number of aliphatic hydroxyl groups is 3. The second-order valence-corrected chi connectivity index (χ2v) is 9.37. The topological polar surface area (TPSA) is 228 Å². The van der Waals surface area contributed by atoms with E-state index in [1.807, 2.05) is 0 Å². The van der Waals surface area contributed by atoms with E-state index in [0.29, 0.717) is 5.56 Å². The van der Waals surface area contributed by atoms with Crippen molar-refractivity contribution < 1.29 is 59.5 Å². The first-order valence-electron chi connectivity index (χ1n) is 12.2. The molecule has 0 spiro atoms. The average molecular weight is 568 g/mol. The Hall–Kier alpha value is -4.82. The highest BCUT2D eigenvalue weighted by Gasteiger charge is 2.49. The molecule has 1 aromatic heterocycles. The highest BCUT2D eigenvalue weighted by atomic mass is 16.6. The molecule has 214 valence electrons. The molecule has 8 N–H and O–H groups in total. The molecule has 0 amide bonds. The molecule has 0 bridgehead atoms. The summed E-state index contributed by atoms with van der Waals surface area (Å²) < 4.78 is 17.1. The SMILES string of the molecule is O=C(OC1C(c2c(O)cc(O)c3c(=O)cc(-c4ccccc4)oc23)OC(CO)C(O)C1O)c1cc(O)c(O)c(O)c1. The summed E-state index contributed by atoms with van der Waals surface area (Å²) in [5.74, 6) is -5.18. The van der Waals surface area contributed by atoms with Gasteiger partial charge in [-0.2, -0.15) is 0 Å². The number of benzene rings is 3. The van der Waals surface area contributed by atoms with Crippen LogP contribution in [0.5, 0.6) is 28.7 Å². The number of phenolic OH excluding ortho intramolecular Hbond substituents is 5. The van der Waals surface area contributed by atoms with E-state index in [0.717, 1.165) is 24.3 Å². The number of ether oxygens (including phenoxy) is 2. The molecule has 2 heterocycles. The maximum atomic E-state index is 13.1. The van der Waals surface area contributed by atoms with E-state index in [1.165, 1.54) is 0 Å². The number of aromatic hydroxyl groups is 5. The Balaban J connectivity index is 1.68. The Morgan fingerprint density at radius 3 is 2.15 bits per heavy atom. The number of fused-ring (bicyclic) bond motifs is 1. The molecule has 1 fully saturated rings. The molecule has 41 heavy (non-hydrogen) atoms. The molecule has 1 aliphatic rings. The Kier molecular flexibility index (Phi) is 7.19. The summed E-state index contributed by atoms with van der Waals surface area (Å²) in [4.78, 5) is 26.1. The van der Waals surface area contributed by atoms with Crippen LogP contribution in [0.4, 0.5) is 0 Å². The predicted molar refractivity (Wildman–Crippen MR) is 139 cm³/mol. The summed E-state index contributed by atoms with van der Waals surface area (Å²) in [6.45, 7) is -0.814. The fourth-order valence-corrected chi connectivity index (χ4v) is 4.71. The van der Waals surface area contributed by atoms with Crippen molar-refractivity contribution in [2.75, 3.05) is 6.61 Å². The van der Waals surface area contributed by atoms with E-state index in [2.05, 4.69) is 0 Å². The lowest BCUT2D eigenvalue weighted by Crippen LogP contribution is -2.56. The van der Waals surface area contributed by atoms with Gasteiger partial charge in [-0.25, -0.2) is 4.79 Å². The van der Waals surface area contributed by atoms with E-state index in [-0.39, 0.29) is 22.3 Å². The van der Waals surface area contributed by atoms with Gasteiger partial charge in [0.15, 0.2) is 34.4 Å². The van der Waals surface area contributed by atoms with Crippen molar-refractivity contribution in [3.8, 4) is 40.1 Å². The first-order valence-corrected chi connectivity index (χ1v) is 12.2. The molecule has 4 aromatic rings. The van der Waals surface area contributed by atoms with Gasteiger partial charge in [-0.15, -0.1) is 0 Å². The van der Waals surface area contributed by atoms with Crippen LogP contribution in [0.3, 0.4) is 0 Å². The number of carbonyl (C=O) groups is 1. The Labute approximate surface area is 229 Å². The molecule has 1 saturated heterocycles. The minimum absolute atomic E-state index is 0.0352. The number of esters is 1. The highest BCUT2D eigenvalue weighted by Crippen LogP contribution is 2.45. The smallest absolute Gasteiger partial charge is 0.338 e. The second-order valence-electron chi connectivity index (χ2n) is 9.37. The molecule has 13 nitrogen and oxygen atoms in total. The van der Waals surface area contributed by atoms with Gasteiger partial charge in [0.05, 0.1) is 17.7 Å². The first kappa shape index (κ1) is 27.7. The number of aliphatic hydroxyl groups excluding tert-OH is 3. The average Bonchev–Trinajstić information content (AvgIpc) is 2.94. The lowest BCUT2D eigenvalue weighted by atomic mass is 9.89. The van der Waals surface area contributed by atoms with Crippen LogP contribution in [-0.2, 0) is 9.47 Å². The van der Waals surface area contributed by atoms with Crippen LogP contribution in [0, 0.1) is 0 Å². The third-order valence-electron chi connectivity index (χ3n) is 6.76. The molecule has 13 heteroatoms. The van der Waals surface area contributed by atoms with Crippen molar-refractivity contribution in [2.45, 2.75) is 30.5 Å². The van der Waals surface area contributed by atoms with Crippen molar-refractivity contribution >= 4 is 16.9 Å². The van der Waals surface area contributed by atoms with Crippen LogP contribution in [0.15, 0.2) is 63.8 Å². The van der Waals surface area contributed by atoms with Crippen LogP contribution in [0.25, 0.3) is 22.3 Å². The van der Waals surface area contributed by atoms with Gasteiger partial charge in [0.2, 0.25) is 0 Å². The van der Waals surface area contributed by atoms with E-state index in [4.69, 9.17) is 13.9 Å². The van der Waals surface area contributed by atoms with Gasteiger partial charge < -0.3 is 54.7 Å². The zero-order valence-electron chi connectivity index (χ0n) is 20.9. The number of rotatable bonds is 5. The fraction of sp³-hybridized carbons (Fsp3) is 0.214. The third-order valence-corrected chi connectivity index (χ3v) is 6.76. The van der Waals surface area contributed by atoms with Crippen LogP contribution < -0.4 is 5.43 Å². The molecule has 0 radical (unpaired) electrons. The van der Waals surface area contributed by atoms with Crippen LogP contribution in [-0.4, -0.2) is 77.8 Å². The maximum Gasteiger partial charge on any atom is 0.338 e. The zero-order valence-corrected chi connectivity index (χ0v) is 20.9. The highest BCUT2D eigenvalue weighted by molar-refractivity contribution is 5.92. The van der Waals surface area contributed by atoms with Gasteiger partial charge >= 0.3 is 5.97 Å². The monoisotopic (exact) mass is 568 g/mol. The lowest BCUT2D eigenvalue weighted by molar-refractivity contribution is -0.231. The lowest BCUT2D eigenvalue weighted by Gasteiger charge is -2.42. The van der Waals surface area contributed by atoms with Crippen molar-refractivity contribution in [2.24, 2.45) is 0 Å². The summed E-state index contributed by atoms with van der Waals surface area (Å²) in [6.07, 6.45) is -8.75. The summed E-state index contributed by atoms with van der Waals surface area (Å²) in [5.41, 5.74) is -1.46. The third kappa shape index (κ3) is 4.87. The molecule has 5 rings (SSSR count). The first-order chi connectivity index (χ1) is 19.5. The number of hydrogen-bond donors (Lipinski definition) is 8. The van der Waals surface area contributed by atoms with Crippen molar-refractivity contribution in [1.82, 2.24) is 0 Å². The van der Waals surface area contributed by atoms with E-state index in [9.17, 15) is 50.4 Å². The summed E-state index contributed by atoms with van der Waals surface area (Å²) in [7, 11) is 0. The molecule has 0 aliphatic carbocycles. The molecule has 5 unspecified atom stereocenters. The van der Waals surface area contributed by atoms with Gasteiger partial charge in [-0.3, -0.25) is 4.79 Å². The molecule has 5 atom stereocenters. The van der Waals surface area contributed by atoms with Crippen LogP contribution >= 0.6 is 0 Å². The van der Waals surface area contributed by atoms with E-state index >= 15 is 0 Å². The van der Waals surface area contributed by atoms with E-state index in [1.54, 1.807) is 30.3 Å². The summed E-state index contributed by atoms with van der Waals surface area (Å²) in [5, 5.41) is 81.5. The van der Waals surface area contributed by atoms with Gasteiger partial charge in [-0.05, 0) is 12.1 Å². The van der Waals surface area contributed by atoms with Crippen molar-refractivity contribution in [1.29, 1.82) is 0 Å².